The molecule has 2 saturated carbocycles. The minimum Gasteiger partial charge on any atom is -0.393 e. The molecule has 2 aliphatic carbocycles. The Labute approximate surface area is 112 Å². The van der Waals surface area contributed by atoms with E-state index in [9.17, 15) is 10.2 Å². The van der Waals surface area contributed by atoms with Crippen molar-refractivity contribution in [2.45, 2.75) is 65.9 Å². The highest BCUT2D eigenvalue weighted by Crippen LogP contribution is 2.69. The Kier molecular flexibility index (Phi) is 3.35. The molecule has 0 aromatic heterocycles. The molecule has 2 nitrogen and oxygen atoms in total. The SMILES string of the molecule is CC[C@@]12C[C@H]([C@@](C)(O)CO)C(C)(C)C1CC[C@H]2C. The second-order valence-electron chi connectivity index (χ2n) is 7.71. The van der Waals surface area contributed by atoms with Crippen molar-refractivity contribution in [3.05, 3.63) is 0 Å². The standard InChI is InChI=1S/C16H30O2/c1-6-16-9-13(15(5,18)10-17)14(3,4)12(16)8-7-11(16)2/h11-13,17-18H,6-10H2,1-5H3/t11-,12?,13+,15+,16+/m1/s1. The maximum Gasteiger partial charge on any atom is 0.0882 e. The van der Waals surface area contributed by atoms with E-state index >= 15 is 0 Å². The van der Waals surface area contributed by atoms with Crippen LogP contribution in [0.1, 0.15) is 60.3 Å². The number of fused-ring (bicyclic) bond motifs is 1. The van der Waals surface area contributed by atoms with Crippen molar-refractivity contribution in [2.75, 3.05) is 6.61 Å². The van der Waals surface area contributed by atoms with Crippen LogP contribution in [0.3, 0.4) is 0 Å². The molecule has 0 spiro atoms. The van der Waals surface area contributed by atoms with E-state index in [0.717, 1.165) is 12.3 Å². The fourth-order valence-corrected chi connectivity index (χ4v) is 5.55. The summed E-state index contributed by atoms with van der Waals surface area (Å²) in [6, 6.07) is 0. The molecule has 0 aliphatic heterocycles. The third kappa shape index (κ3) is 1.68. The summed E-state index contributed by atoms with van der Waals surface area (Å²) in [6.45, 7) is 11.0. The van der Waals surface area contributed by atoms with E-state index in [2.05, 4.69) is 27.7 Å². The normalized spacial score (nSPS) is 45.8. The molecule has 106 valence electrons. The van der Waals surface area contributed by atoms with Gasteiger partial charge in [-0.1, -0.05) is 27.7 Å². The van der Waals surface area contributed by atoms with Gasteiger partial charge in [-0.25, -0.2) is 0 Å². The molecule has 2 rings (SSSR count). The highest BCUT2D eigenvalue weighted by molar-refractivity contribution is 5.13. The van der Waals surface area contributed by atoms with E-state index < -0.39 is 5.60 Å². The zero-order valence-electron chi connectivity index (χ0n) is 12.7. The summed E-state index contributed by atoms with van der Waals surface area (Å²) >= 11 is 0. The van der Waals surface area contributed by atoms with Crippen molar-refractivity contribution in [2.24, 2.45) is 28.6 Å². The fourth-order valence-electron chi connectivity index (χ4n) is 5.55. The Hall–Kier alpha value is -0.0800. The fraction of sp³-hybridized carbons (Fsp3) is 1.00. The molecule has 5 atom stereocenters. The maximum atomic E-state index is 10.6. The molecule has 1 unspecified atom stereocenters. The van der Waals surface area contributed by atoms with Crippen LogP contribution in [-0.2, 0) is 0 Å². The molecule has 2 fully saturated rings. The van der Waals surface area contributed by atoms with Gasteiger partial charge in [-0.3, -0.25) is 0 Å². The van der Waals surface area contributed by atoms with Gasteiger partial charge in [-0.05, 0) is 61.2 Å². The zero-order valence-corrected chi connectivity index (χ0v) is 12.7. The third-order valence-electron chi connectivity index (χ3n) is 6.67. The summed E-state index contributed by atoms with van der Waals surface area (Å²) in [7, 11) is 0. The van der Waals surface area contributed by atoms with Gasteiger partial charge < -0.3 is 10.2 Å². The topological polar surface area (TPSA) is 40.5 Å². The Bertz CT molecular complexity index is 321. The summed E-state index contributed by atoms with van der Waals surface area (Å²) in [6.07, 6.45) is 4.91. The molecule has 18 heavy (non-hydrogen) atoms. The summed E-state index contributed by atoms with van der Waals surface area (Å²) in [5.41, 5.74) is -0.407. The van der Waals surface area contributed by atoms with Crippen molar-refractivity contribution < 1.29 is 10.2 Å². The van der Waals surface area contributed by atoms with Crippen LogP contribution in [0.5, 0.6) is 0 Å². The lowest BCUT2D eigenvalue weighted by Gasteiger charge is -2.40. The lowest BCUT2D eigenvalue weighted by molar-refractivity contribution is -0.0830. The quantitative estimate of drug-likeness (QED) is 0.812. The number of rotatable bonds is 3. The van der Waals surface area contributed by atoms with E-state index in [4.69, 9.17) is 0 Å². The first-order valence-corrected chi connectivity index (χ1v) is 7.55. The van der Waals surface area contributed by atoms with Crippen molar-refractivity contribution >= 4 is 0 Å². The first-order valence-electron chi connectivity index (χ1n) is 7.55. The van der Waals surface area contributed by atoms with Gasteiger partial charge in [0.2, 0.25) is 0 Å². The predicted octanol–water partition coefficient (Wildman–Crippen LogP) is 3.22. The second-order valence-corrected chi connectivity index (χ2v) is 7.71. The van der Waals surface area contributed by atoms with Crippen LogP contribution in [-0.4, -0.2) is 22.4 Å². The van der Waals surface area contributed by atoms with Crippen LogP contribution in [0.25, 0.3) is 0 Å². The predicted molar refractivity (Wildman–Crippen MR) is 74.2 cm³/mol. The molecule has 2 heteroatoms. The second kappa shape index (κ2) is 4.21. The average molecular weight is 254 g/mol. The van der Waals surface area contributed by atoms with Crippen molar-refractivity contribution in [1.29, 1.82) is 0 Å². The molecule has 0 heterocycles. The van der Waals surface area contributed by atoms with Crippen LogP contribution in [0, 0.1) is 28.6 Å². The number of hydrogen-bond acceptors (Lipinski definition) is 2. The minimum absolute atomic E-state index is 0.123. The summed E-state index contributed by atoms with van der Waals surface area (Å²) < 4.78 is 0. The Balaban J connectivity index is 2.39. The van der Waals surface area contributed by atoms with Crippen LogP contribution in [0.2, 0.25) is 0 Å². The zero-order chi connectivity index (χ0) is 13.8. The van der Waals surface area contributed by atoms with Crippen LogP contribution < -0.4 is 0 Å². The number of aliphatic hydroxyl groups excluding tert-OH is 1. The Morgan fingerprint density at radius 2 is 1.89 bits per heavy atom. The molecule has 0 saturated heterocycles. The van der Waals surface area contributed by atoms with Gasteiger partial charge in [0, 0.05) is 0 Å². The first-order chi connectivity index (χ1) is 8.22. The molecule has 0 aromatic rings. The monoisotopic (exact) mass is 254 g/mol. The number of aliphatic hydroxyl groups is 2. The van der Waals surface area contributed by atoms with Gasteiger partial charge in [0.05, 0.1) is 12.2 Å². The molecule has 0 amide bonds. The summed E-state index contributed by atoms with van der Waals surface area (Å²) in [4.78, 5) is 0. The van der Waals surface area contributed by atoms with Crippen molar-refractivity contribution in [3.63, 3.8) is 0 Å². The van der Waals surface area contributed by atoms with Gasteiger partial charge in [-0.2, -0.15) is 0 Å². The largest absolute Gasteiger partial charge is 0.393 e. The number of hydrogen-bond donors (Lipinski definition) is 2. The van der Waals surface area contributed by atoms with Gasteiger partial charge in [0.15, 0.2) is 0 Å². The Morgan fingerprint density at radius 1 is 1.28 bits per heavy atom. The van der Waals surface area contributed by atoms with Gasteiger partial charge in [-0.15, -0.1) is 0 Å². The average Bonchev–Trinajstić information content (AvgIpc) is 2.75. The van der Waals surface area contributed by atoms with E-state index in [1.54, 1.807) is 0 Å². The van der Waals surface area contributed by atoms with Gasteiger partial charge in [0.25, 0.3) is 0 Å². The lowest BCUT2D eigenvalue weighted by Crippen LogP contribution is -2.45. The van der Waals surface area contributed by atoms with Gasteiger partial charge in [0.1, 0.15) is 0 Å². The van der Waals surface area contributed by atoms with E-state index in [1.807, 2.05) is 6.92 Å². The molecule has 0 aromatic carbocycles. The van der Waals surface area contributed by atoms with Crippen LogP contribution in [0.4, 0.5) is 0 Å². The van der Waals surface area contributed by atoms with E-state index in [-0.39, 0.29) is 17.9 Å². The molecular weight excluding hydrogens is 224 g/mol. The maximum absolute atomic E-state index is 10.6. The minimum atomic E-state index is -0.935. The van der Waals surface area contributed by atoms with E-state index in [0.29, 0.717) is 11.3 Å². The van der Waals surface area contributed by atoms with Crippen LogP contribution in [0.15, 0.2) is 0 Å². The summed E-state index contributed by atoms with van der Waals surface area (Å²) in [5, 5.41) is 20.1. The van der Waals surface area contributed by atoms with Crippen molar-refractivity contribution in [1.82, 2.24) is 0 Å². The van der Waals surface area contributed by atoms with Crippen molar-refractivity contribution in [3.8, 4) is 0 Å². The molecule has 0 bridgehead atoms. The Morgan fingerprint density at radius 3 is 2.33 bits per heavy atom. The highest BCUT2D eigenvalue weighted by atomic mass is 16.3. The first kappa shape index (κ1) is 14.3. The van der Waals surface area contributed by atoms with Gasteiger partial charge >= 0.3 is 0 Å². The molecule has 0 radical (unpaired) electrons. The third-order valence-corrected chi connectivity index (χ3v) is 6.67. The molecular formula is C16H30O2. The molecule has 2 aliphatic rings. The smallest absolute Gasteiger partial charge is 0.0882 e. The van der Waals surface area contributed by atoms with Crippen LogP contribution >= 0.6 is 0 Å². The highest BCUT2D eigenvalue weighted by Gasteiger charge is 2.64. The summed E-state index contributed by atoms with van der Waals surface area (Å²) in [5.74, 6) is 1.67. The van der Waals surface area contributed by atoms with E-state index in [1.165, 1.54) is 19.3 Å². The lowest BCUT2D eigenvalue weighted by atomic mass is 9.66. The molecule has 2 N–H and O–H groups in total.